The predicted molar refractivity (Wildman–Crippen MR) is 71.1 cm³/mol. The summed E-state index contributed by atoms with van der Waals surface area (Å²) in [5, 5.41) is 4.66. The zero-order valence-corrected chi connectivity index (χ0v) is 10.5. The molecule has 1 aromatic rings. The van der Waals surface area contributed by atoms with Crippen LogP contribution in [-0.2, 0) is 6.42 Å². The van der Waals surface area contributed by atoms with Crippen LogP contribution in [0.25, 0.3) is 0 Å². The van der Waals surface area contributed by atoms with E-state index in [4.69, 9.17) is 0 Å². The van der Waals surface area contributed by atoms with Gasteiger partial charge in [0, 0.05) is 19.3 Å². The number of hydrazine groups is 1. The zero-order chi connectivity index (χ0) is 12.8. The minimum absolute atomic E-state index is 0.237. The molecule has 0 radical (unpaired) electrons. The Morgan fingerprint density at radius 2 is 2.39 bits per heavy atom. The van der Waals surface area contributed by atoms with Crippen molar-refractivity contribution in [3.63, 3.8) is 0 Å². The zero-order valence-electron chi connectivity index (χ0n) is 10.5. The van der Waals surface area contributed by atoms with Crippen molar-refractivity contribution in [2.45, 2.75) is 19.8 Å². The summed E-state index contributed by atoms with van der Waals surface area (Å²) in [6, 6.07) is 3.60. The quantitative estimate of drug-likeness (QED) is 0.801. The Kier molecular flexibility index (Phi) is 4.30. The van der Waals surface area contributed by atoms with Crippen LogP contribution in [-0.4, -0.2) is 29.1 Å². The van der Waals surface area contributed by atoms with E-state index in [1.54, 1.807) is 6.20 Å². The van der Waals surface area contributed by atoms with E-state index in [1.165, 1.54) is 0 Å². The molecule has 0 fully saturated rings. The molecule has 2 heterocycles. The number of hydrogen-bond acceptors (Lipinski definition) is 3. The molecule has 2 N–H and O–H groups in total. The van der Waals surface area contributed by atoms with Gasteiger partial charge in [-0.25, -0.2) is 14.8 Å². The topological polar surface area (TPSA) is 57.3 Å². The van der Waals surface area contributed by atoms with E-state index in [1.807, 2.05) is 30.1 Å². The third kappa shape index (κ3) is 3.30. The van der Waals surface area contributed by atoms with Gasteiger partial charge >= 0.3 is 6.03 Å². The summed E-state index contributed by atoms with van der Waals surface area (Å²) in [7, 11) is 0. The highest BCUT2D eigenvalue weighted by Gasteiger charge is 2.11. The van der Waals surface area contributed by atoms with E-state index < -0.39 is 0 Å². The Hall–Kier alpha value is -1.88. The molecule has 0 spiro atoms. The van der Waals surface area contributed by atoms with Crippen LogP contribution in [0.3, 0.4) is 0 Å². The van der Waals surface area contributed by atoms with Crippen LogP contribution < -0.4 is 10.7 Å². The van der Waals surface area contributed by atoms with E-state index in [0.717, 1.165) is 31.5 Å². The van der Waals surface area contributed by atoms with Crippen molar-refractivity contribution in [3.05, 3.63) is 36.0 Å². The number of aromatic nitrogens is 1. The van der Waals surface area contributed by atoms with Gasteiger partial charge in [0.15, 0.2) is 0 Å². The van der Waals surface area contributed by atoms with Gasteiger partial charge in [0.2, 0.25) is 0 Å². The molecule has 1 aromatic heterocycles. The van der Waals surface area contributed by atoms with E-state index in [9.17, 15) is 4.79 Å². The van der Waals surface area contributed by atoms with Gasteiger partial charge in [-0.3, -0.25) is 10.7 Å². The Labute approximate surface area is 107 Å². The van der Waals surface area contributed by atoms with Crippen LogP contribution in [0.15, 0.2) is 30.5 Å². The van der Waals surface area contributed by atoms with Gasteiger partial charge < -0.3 is 0 Å². The number of anilines is 1. The molecule has 18 heavy (non-hydrogen) atoms. The van der Waals surface area contributed by atoms with Crippen molar-refractivity contribution in [1.29, 1.82) is 0 Å². The highest BCUT2D eigenvalue weighted by atomic mass is 16.2. The number of pyridine rings is 1. The predicted octanol–water partition coefficient (Wildman–Crippen LogP) is 1.94. The first kappa shape index (κ1) is 12.6. The van der Waals surface area contributed by atoms with Crippen LogP contribution >= 0.6 is 0 Å². The van der Waals surface area contributed by atoms with Crippen molar-refractivity contribution in [1.82, 2.24) is 15.4 Å². The fraction of sp³-hybridized carbons (Fsp3) is 0.385. The number of carbonyl (C=O) groups excluding carboxylic acids is 1. The van der Waals surface area contributed by atoms with Gasteiger partial charge in [-0.05, 0) is 24.5 Å². The molecule has 2 amide bonds. The summed E-state index contributed by atoms with van der Waals surface area (Å²) >= 11 is 0. The summed E-state index contributed by atoms with van der Waals surface area (Å²) in [6.45, 7) is 3.62. The smallest absolute Gasteiger partial charge is 0.291 e. The van der Waals surface area contributed by atoms with Crippen LogP contribution in [0.2, 0.25) is 0 Å². The van der Waals surface area contributed by atoms with Gasteiger partial charge in [-0.1, -0.05) is 25.1 Å². The lowest BCUT2D eigenvalue weighted by molar-refractivity contribution is 0.195. The van der Waals surface area contributed by atoms with Crippen molar-refractivity contribution in [2.24, 2.45) is 0 Å². The summed E-state index contributed by atoms with van der Waals surface area (Å²) in [6.07, 6.45) is 7.64. The fourth-order valence-electron chi connectivity index (χ4n) is 1.86. The maximum absolute atomic E-state index is 11.8. The number of amides is 2. The Morgan fingerprint density at radius 1 is 1.50 bits per heavy atom. The molecule has 1 aliphatic heterocycles. The van der Waals surface area contributed by atoms with E-state index >= 15 is 0 Å². The van der Waals surface area contributed by atoms with Crippen LogP contribution in [0.4, 0.5) is 10.6 Å². The maximum atomic E-state index is 11.8. The Balaban J connectivity index is 1.92. The summed E-state index contributed by atoms with van der Waals surface area (Å²) in [4.78, 5) is 16.0. The summed E-state index contributed by atoms with van der Waals surface area (Å²) in [5.41, 5.74) is 3.84. The summed E-state index contributed by atoms with van der Waals surface area (Å²) < 4.78 is 0. The lowest BCUT2D eigenvalue weighted by Gasteiger charge is -2.23. The van der Waals surface area contributed by atoms with Crippen LogP contribution in [0.1, 0.15) is 18.9 Å². The molecule has 2 rings (SSSR count). The van der Waals surface area contributed by atoms with Gasteiger partial charge in [0.05, 0.1) is 0 Å². The minimum atomic E-state index is -0.237. The normalized spacial score (nSPS) is 15.4. The number of hydrogen-bond donors (Lipinski definition) is 2. The third-order valence-corrected chi connectivity index (χ3v) is 2.82. The molecule has 0 aromatic carbocycles. The first-order valence-electron chi connectivity index (χ1n) is 6.21. The fourth-order valence-corrected chi connectivity index (χ4v) is 1.86. The van der Waals surface area contributed by atoms with Gasteiger partial charge in [-0.2, -0.15) is 0 Å². The Bertz CT molecular complexity index is 444. The van der Waals surface area contributed by atoms with E-state index in [0.29, 0.717) is 5.82 Å². The molecule has 0 saturated carbocycles. The Morgan fingerprint density at radius 3 is 3.11 bits per heavy atom. The molecule has 5 nitrogen and oxygen atoms in total. The third-order valence-electron chi connectivity index (χ3n) is 2.82. The molecule has 5 heteroatoms. The van der Waals surface area contributed by atoms with Crippen molar-refractivity contribution in [3.8, 4) is 0 Å². The van der Waals surface area contributed by atoms with E-state index in [-0.39, 0.29) is 6.03 Å². The largest absolute Gasteiger partial charge is 0.334 e. The van der Waals surface area contributed by atoms with E-state index in [2.05, 4.69) is 21.8 Å². The van der Waals surface area contributed by atoms with Crippen LogP contribution in [0.5, 0.6) is 0 Å². The monoisotopic (exact) mass is 246 g/mol. The van der Waals surface area contributed by atoms with Gasteiger partial charge in [0.25, 0.3) is 0 Å². The molecule has 0 unspecified atom stereocenters. The number of aryl methyl sites for hydroxylation is 1. The molecule has 0 aliphatic carbocycles. The molecule has 1 aliphatic rings. The second-order valence-electron chi connectivity index (χ2n) is 4.14. The maximum Gasteiger partial charge on any atom is 0.334 e. The SMILES string of the molecule is CCc1cccnc1NC(=O)NN1CC=CCC1. The first-order valence-corrected chi connectivity index (χ1v) is 6.21. The van der Waals surface area contributed by atoms with Gasteiger partial charge in [-0.15, -0.1) is 0 Å². The number of urea groups is 1. The van der Waals surface area contributed by atoms with Crippen molar-refractivity contribution < 1.29 is 4.79 Å². The molecule has 0 saturated heterocycles. The van der Waals surface area contributed by atoms with Crippen molar-refractivity contribution in [2.75, 3.05) is 18.4 Å². The molecular weight excluding hydrogens is 228 g/mol. The number of nitrogens with one attached hydrogen (secondary N) is 2. The molecule has 0 bridgehead atoms. The number of nitrogens with zero attached hydrogens (tertiary/aromatic N) is 2. The molecule has 96 valence electrons. The van der Waals surface area contributed by atoms with Gasteiger partial charge in [0.1, 0.15) is 5.82 Å². The van der Waals surface area contributed by atoms with Crippen molar-refractivity contribution >= 4 is 11.8 Å². The lowest BCUT2D eigenvalue weighted by atomic mass is 10.2. The standard InChI is InChI=1S/C13H18N4O/c1-2-11-7-6-8-14-12(11)15-13(18)16-17-9-4-3-5-10-17/h3-4,6-8H,2,5,9-10H2,1H3,(H2,14,15,16,18). The minimum Gasteiger partial charge on any atom is -0.291 e. The average Bonchev–Trinajstić information content (AvgIpc) is 2.40. The average molecular weight is 246 g/mol. The second kappa shape index (κ2) is 6.16. The number of carbonyl (C=O) groups is 1. The number of rotatable bonds is 3. The highest BCUT2D eigenvalue weighted by molar-refractivity contribution is 5.88. The molecule has 0 atom stereocenters. The lowest BCUT2D eigenvalue weighted by Crippen LogP contribution is -2.46. The molecular formula is C13H18N4O. The first-order chi connectivity index (χ1) is 8.79. The highest BCUT2D eigenvalue weighted by Crippen LogP contribution is 2.11. The van der Waals surface area contributed by atoms with Crippen LogP contribution in [0, 0.1) is 0 Å². The summed E-state index contributed by atoms with van der Waals surface area (Å²) in [5.74, 6) is 0.630. The second-order valence-corrected chi connectivity index (χ2v) is 4.14.